The van der Waals surface area contributed by atoms with Crippen molar-refractivity contribution >= 4 is 5.91 Å². The van der Waals surface area contributed by atoms with Crippen molar-refractivity contribution in [3.63, 3.8) is 0 Å². The van der Waals surface area contributed by atoms with Crippen LogP contribution in [0.15, 0.2) is 10.6 Å². The number of ether oxygens (including phenoxy) is 1. The molecule has 0 bridgehead atoms. The first-order valence-corrected chi connectivity index (χ1v) is 7.75. The number of aromatic nitrogens is 4. The number of aryl methyl sites for hydroxylation is 1. The monoisotopic (exact) mass is 319 g/mol. The van der Waals surface area contributed by atoms with Gasteiger partial charge in [-0.15, -0.1) is 0 Å². The van der Waals surface area contributed by atoms with Gasteiger partial charge in [0, 0.05) is 20.0 Å². The van der Waals surface area contributed by atoms with Crippen molar-refractivity contribution < 1.29 is 14.1 Å². The summed E-state index contributed by atoms with van der Waals surface area (Å²) in [6.45, 7) is 1.51. The maximum Gasteiger partial charge on any atom is 0.278 e. The maximum atomic E-state index is 11.6. The van der Waals surface area contributed by atoms with Crippen LogP contribution in [-0.2, 0) is 17.4 Å². The van der Waals surface area contributed by atoms with Gasteiger partial charge >= 0.3 is 0 Å². The van der Waals surface area contributed by atoms with Gasteiger partial charge in [0.25, 0.3) is 5.89 Å². The SMILES string of the molecule is COc1cc(-c2nc(C3(NC(C)=O)CCCCC3)no2)nn1C. The molecule has 1 N–H and O–H groups in total. The molecule has 0 saturated heterocycles. The molecule has 23 heavy (non-hydrogen) atoms. The van der Waals surface area contributed by atoms with Crippen LogP contribution < -0.4 is 10.1 Å². The van der Waals surface area contributed by atoms with Gasteiger partial charge in [-0.1, -0.05) is 24.4 Å². The lowest BCUT2D eigenvalue weighted by atomic mass is 9.81. The topological polar surface area (TPSA) is 95.1 Å². The van der Waals surface area contributed by atoms with Crippen LogP contribution in [0.4, 0.5) is 0 Å². The van der Waals surface area contributed by atoms with Crippen molar-refractivity contribution in [3.05, 3.63) is 11.9 Å². The molecule has 0 atom stereocenters. The van der Waals surface area contributed by atoms with E-state index in [2.05, 4.69) is 20.6 Å². The Labute approximate surface area is 134 Å². The van der Waals surface area contributed by atoms with Crippen LogP contribution in [-0.4, -0.2) is 32.9 Å². The summed E-state index contributed by atoms with van der Waals surface area (Å²) >= 11 is 0. The van der Waals surface area contributed by atoms with Gasteiger partial charge in [0.1, 0.15) is 5.54 Å². The number of nitrogens with one attached hydrogen (secondary N) is 1. The molecular weight excluding hydrogens is 298 g/mol. The van der Waals surface area contributed by atoms with Crippen LogP contribution >= 0.6 is 0 Å². The summed E-state index contributed by atoms with van der Waals surface area (Å²) < 4.78 is 12.2. The molecule has 0 aromatic carbocycles. The number of nitrogens with zero attached hydrogens (tertiary/aromatic N) is 4. The first-order chi connectivity index (χ1) is 11.0. The average Bonchev–Trinajstić information content (AvgIpc) is 3.14. The number of carbonyl (C=O) groups is 1. The van der Waals surface area contributed by atoms with Crippen molar-refractivity contribution in [3.8, 4) is 17.5 Å². The third kappa shape index (κ3) is 2.93. The first-order valence-electron chi connectivity index (χ1n) is 7.75. The summed E-state index contributed by atoms with van der Waals surface area (Å²) in [4.78, 5) is 16.1. The molecule has 1 fully saturated rings. The van der Waals surface area contributed by atoms with Crippen molar-refractivity contribution in [2.24, 2.45) is 7.05 Å². The van der Waals surface area contributed by atoms with Gasteiger partial charge in [0.2, 0.25) is 11.8 Å². The highest BCUT2D eigenvalue weighted by Gasteiger charge is 2.39. The van der Waals surface area contributed by atoms with Gasteiger partial charge < -0.3 is 14.6 Å². The quantitative estimate of drug-likeness (QED) is 0.923. The molecule has 0 radical (unpaired) electrons. The minimum atomic E-state index is -0.537. The molecule has 2 aromatic rings. The van der Waals surface area contributed by atoms with Gasteiger partial charge in [-0.2, -0.15) is 10.1 Å². The minimum Gasteiger partial charge on any atom is -0.481 e. The Bertz CT molecular complexity index is 700. The van der Waals surface area contributed by atoms with E-state index in [1.54, 1.807) is 24.9 Å². The summed E-state index contributed by atoms with van der Waals surface area (Å²) in [5, 5.41) is 11.4. The molecule has 2 aromatic heterocycles. The van der Waals surface area contributed by atoms with Crippen LogP contribution in [0.25, 0.3) is 11.6 Å². The van der Waals surface area contributed by atoms with Crippen molar-refractivity contribution in [1.82, 2.24) is 25.2 Å². The summed E-state index contributed by atoms with van der Waals surface area (Å²) in [5.41, 5.74) is 0.0157. The average molecular weight is 319 g/mol. The Morgan fingerprint density at radius 3 is 2.74 bits per heavy atom. The third-order valence-electron chi connectivity index (χ3n) is 4.24. The number of rotatable bonds is 4. The molecule has 0 spiro atoms. The van der Waals surface area contributed by atoms with Gasteiger partial charge in [-0.25, -0.2) is 4.68 Å². The number of methoxy groups -OCH3 is 1. The Morgan fingerprint density at radius 2 is 2.13 bits per heavy atom. The summed E-state index contributed by atoms with van der Waals surface area (Å²) in [6, 6.07) is 1.74. The molecule has 8 nitrogen and oxygen atoms in total. The predicted octanol–water partition coefficient (Wildman–Crippen LogP) is 1.77. The minimum absolute atomic E-state index is 0.0854. The zero-order chi connectivity index (χ0) is 16.4. The van der Waals surface area contributed by atoms with E-state index < -0.39 is 5.54 Å². The third-order valence-corrected chi connectivity index (χ3v) is 4.24. The van der Waals surface area contributed by atoms with E-state index in [1.165, 1.54) is 6.92 Å². The molecule has 1 amide bonds. The summed E-state index contributed by atoms with van der Waals surface area (Å²) in [6.07, 6.45) is 4.85. The highest BCUT2D eigenvalue weighted by Crippen LogP contribution is 2.36. The molecule has 1 aliphatic carbocycles. The van der Waals surface area contributed by atoms with E-state index in [9.17, 15) is 4.79 Å². The molecule has 1 aliphatic rings. The standard InChI is InChI=1S/C15H21N5O3/c1-10(21)17-15(7-5-4-6-8-15)14-16-13(23-19-14)11-9-12(22-3)20(2)18-11/h9H,4-8H2,1-3H3,(H,17,21). The van der Waals surface area contributed by atoms with Crippen molar-refractivity contribution in [2.75, 3.05) is 7.11 Å². The Balaban J connectivity index is 1.93. The molecular formula is C15H21N5O3. The van der Waals surface area contributed by atoms with Crippen LogP contribution in [0.1, 0.15) is 44.9 Å². The molecule has 124 valence electrons. The smallest absolute Gasteiger partial charge is 0.278 e. The molecule has 8 heteroatoms. The maximum absolute atomic E-state index is 11.6. The predicted molar refractivity (Wildman–Crippen MR) is 81.6 cm³/mol. The first kappa shape index (κ1) is 15.5. The van der Waals surface area contributed by atoms with E-state index in [-0.39, 0.29) is 5.91 Å². The van der Waals surface area contributed by atoms with E-state index in [0.29, 0.717) is 23.3 Å². The molecule has 2 heterocycles. The van der Waals surface area contributed by atoms with Crippen LogP contribution in [0.5, 0.6) is 5.88 Å². The molecule has 0 unspecified atom stereocenters. The summed E-state index contributed by atoms with van der Waals surface area (Å²) in [7, 11) is 3.35. The molecule has 1 saturated carbocycles. The van der Waals surface area contributed by atoms with Crippen LogP contribution in [0.2, 0.25) is 0 Å². The van der Waals surface area contributed by atoms with Gasteiger partial charge in [-0.3, -0.25) is 4.79 Å². The van der Waals surface area contributed by atoms with Crippen LogP contribution in [0.3, 0.4) is 0 Å². The van der Waals surface area contributed by atoms with Gasteiger partial charge in [-0.05, 0) is 12.8 Å². The van der Waals surface area contributed by atoms with E-state index in [1.807, 2.05) is 0 Å². The zero-order valence-electron chi connectivity index (χ0n) is 13.6. The highest BCUT2D eigenvalue weighted by atomic mass is 16.5. The second kappa shape index (κ2) is 6.02. The fraction of sp³-hybridized carbons (Fsp3) is 0.600. The van der Waals surface area contributed by atoms with Crippen LogP contribution in [0, 0.1) is 0 Å². The largest absolute Gasteiger partial charge is 0.481 e. The second-order valence-electron chi connectivity index (χ2n) is 5.94. The number of carbonyl (C=O) groups excluding carboxylic acids is 1. The highest BCUT2D eigenvalue weighted by molar-refractivity contribution is 5.74. The fourth-order valence-electron chi connectivity index (χ4n) is 3.16. The number of hydrogen-bond acceptors (Lipinski definition) is 6. The van der Waals surface area contributed by atoms with Gasteiger partial charge in [0.15, 0.2) is 11.5 Å². The molecule has 3 rings (SSSR count). The Hall–Kier alpha value is -2.38. The fourth-order valence-corrected chi connectivity index (χ4v) is 3.16. The number of hydrogen-bond donors (Lipinski definition) is 1. The number of amides is 1. The lowest BCUT2D eigenvalue weighted by Crippen LogP contribution is -2.47. The summed E-state index contributed by atoms with van der Waals surface area (Å²) in [5.74, 6) is 1.37. The lowest BCUT2D eigenvalue weighted by Gasteiger charge is -2.34. The Morgan fingerprint density at radius 1 is 1.39 bits per heavy atom. The van der Waals surface area contributed by atoms with E-state index in [0.717, 1.165) is 32.1 Å². The Kier molecular flexibility index (Phi) is 4.06. The van der Waals surface area contributed by atoms with E-state index in [4.69, 9.17) is 9.26 Å². The van der Waals surface area contributed by atoms with Gasteiger partial charge in [0.05, 0.1) is 7.11 Å². The van der Waals surface area contributed by atoms with Crippen molar-refractivity contribution in [2.45, 2.75) is 44.6 Å². The lowest BCUT2D eigenvalue weighted by molar-refractivity contribution is -0.121. The zero-order valence-corrected chi connectivity index (χ0v) is 13.6. The normalized spacial score (nSPS) is 17.0. The van der Waals surface area contributed by atoms with E-state index >= 15 is 0 Å². The second-order valence-corrected chi connectivity index (χ2v) is 5.94. The van der Waals surface area contributed by atoms with Crippen molar-refractivity contribution in [1.29, 1.82) is 0 Å². The molecule has 0 aliphatic heterocycles.